The van der Waals surface area contributed by atoms with Crippen LogP contribution in [0.25, 0.3) is 0 Å². The van der Waals surface area contributed by atoms with Crippen molar-refractivity contribution in [3.05, 3.63) is 27.9 Å². The van der Waals surface area contributed by atoms with Gasteiger partial charge in [0.1, 0.15) is 0 Å². The number of esters is 1. The zero-order valence-corrected chi connectivity index (χ0v) is 12.4. The number of nitro groups is 1. The number of anilines is 1. The molecule has 2 rings (SSSR count). The Morgan fingerprint density at radius 3 is 2.57 bits per heavy atom. The SMILES string of the molecule is COC(=O)c1cnc(N2CC(C)CC(C)C2)c([N+](=O)[O-])c1. The fourth-order valence-corrected chi connectivity index (χ4v) is 2.89. The van der Waals surface area contributed by atoms with Gasteiger partial charge in [-0.25, -0.2) is 9.78 Å². The Kier molecular flexibility index (Phi) is 4.40. The molecule has 114 valence electrons. The first-order valence-electron chi connectivity index (χ1n) is 6.90. The lowest BCUT2D eigenvalue weighted by molar-refractivity contribution is -0.384. The summed E-state index contributed by atoms with van der Waals surface area (Å²) in [5, 5.41) is 11.3. The molecule has 2 unspecified atom stereocenters. The van der Waals surface area contributed by atoms with Crippen molar-refractivity contribution in [1.29, 1.82) is 0 Å². The molecular weight excluding hydrogens is 274 g/mol. The first kappa shape index (κ1) is 15.2. The van der Waals surface area contributed by atoms with E-state index in [1.165, 1.54) is 19.4 Å². The minimum Gasteiger partial charge on any atom is -0.465 e. The number of nitrogens with zero attached hydrogens (tertiary/aromatic N) is 3. The van der Waals surface area contributed by atoms with Gasteiger partial charge in [-0.1, -0.05) is 13.8 Å². The third-order valence-electron chi connectivity index (χ3n) is 3.63. The molecule has 0 saturated carbocycles. The van der Waals surface area contributed by atoms with Gasteiger partial charge in [-0.2, -0.15) is 0 Å². The third-order valence-corrected chi connectivity index (χ3v) is 3.63. The third kappa shape index (κ3) is 3.29. The molecule has 1 aliphatic rings. The summed E-state index contributed by atoms with van der Waals surface area (Å²) in [7, 11) is 1.23. The van der Waals surface area contributed by atoms with Crippen LogP contribution in [0.4, 0.5) is 11.5 Å². The molecule has 1 saturated heterocycles. The predicted octanol–water partition coefficient (Wildman–Crippen LogP) is 2.26. The van der Waals surface area contributed by atoms with Crippen molar-refractivity contribution in [2.45, 2.75) is 20.3 Å². The summed E-state index contributed by atoms with van der Waals surface area (Å²) in [6, 6.07) is 1.23. The van der Waals surface area contributed by atoms with E-state index in [-0.39, 0.29) is 11.3 Å². The molecule has 0 radical (unpaired) electrons. The summed E-state index contributed by atoms with van der Waals surface area (Å²) in [6.45, 7) is 5.71. The molecule has 7 heteroatoms. The standard InChI is InChI=1S/C14H19N3O4/c1-9-4-10(2)8-16(7-9)13-12(17(19)20)5-11(6-15-13)14(18)21-3/h5-6,9-10H,4,7-8H2,1-3H3. The lowest BCUT2D eigenvalue weighted by atomic mass is 9.92. The van der Waals surface area contributed by atoms with E-state index >= 15 is 0 Å². The number of pyridine rings is 1. The van der Waals surface area contributed by atoms with Gasteiger partial charge < -0.3 is 9.64 Å². The molecule has 0 aromatic carbocycles. The predicted molar refractivity (Wildman–Crippen MR) is 77.4 cm³/mol. The van der Waals surface area contributed by atoms with E-state index < -0.39 is 10.9 Å². The van der Waals surface area contributed by atoms with Gasteiger partial charge in [0.2, 0.25) is 5.82 Å². The van der Waals surface area contributed by atoms with Gasteiger partial charge in [0, 0.05) is 25.4 Å². The largest absolute Gasteiger partial charge is 0.465 e. The highest BCUT2D eigenvalue weighted by Crippen LogP contribution is 2.31. The average Bonchev–Trinajstić information content (AvgIpc) is 2.44. The smallest absolute Gasteiger partial charge is 0.339 e. The van der Waals surface area contributed by atoms with E-state index in [9.17, 15) is 14.9 Å². The molecule has 0 amide bonds. The normalized spacial score (nSPS) is 22.0. The Morgan fingerprint density at radius 1 is 1.43 bits per heavy atom. The molecule has 1 aliphatic heterocycles. The lowest BCUT2D eigenvalue weighted by Gasteiger charge is -2.35. The Labute approximate surface area is 123 Å². The van der Waals surface area contributed by atoms with E-state index in [2.05, 4.69) is 23.6 Å². The number of methoxy groups -OCH3 is 1. The summed E-state index contributed by atoms with van der Waals surface area (Å²) < 4.78 is 4.58. The van der Waals surface area contributed by atoms with Gasteiger partial charge in [-0.3, -0.25) is 10.1 Å². The van der Waals surface area contributed by atoms with Crippen LogP contribution in [0.1, 0.15) is 30.6 Å². The second-order valence-electron chi connectivity index (χ2n) is 5.67. The van der Waals surface area contributed by atoms with Crippen LogP contribution in [0.5, 0.6) is 0 Å². The molecule has 2 heterocycles. The number of aromatic nitrogens is 1. The number of ether oxygens (including phenoxy) is 1. The summed E-state index contributed by atoms with van der Waals surface area (Å²) in [6.07, 6.45) is 2.43. The van der Waals surface area contributed by atoms with E-state index in [0.29, 0.717) is 17.7 Å². The van der Waals surface area contributed by atoms with Crippen molar-refractivity contribution in [1.82, 2.24) is 4.98 Å². The minimum absolute atomic E-state index is 0.0889. The summed E-state index contributed by atoms with van der Waals surface area (Å²) in [4.78, 5) is 28.3. The average molecular weight is 293 g/mol. The molecule has 1 aromatic rings. The van der Waals surface area contributed by atoms with Crippen LogP contribution >= 0.6 is 0 Å². The number of piperidine rings is 1. The second kappa shape index (κ2) is 6.07. The highest BCUT2D eigenvalue weighted by Gasteiger charge is 2.29. The molecule has 1 aromatic heterocycles. The Morgan fingerprint density at radius 2 is 2.05 bits per heavy atom. The number of carbonyl (C=O) groups excluding carboxylic acids is 1. The van der Waals surface area contributed by atoms with Crippen molar-refractivity contribution in [3.63, 3.8) is 0 Å². The number of hydrogen-bond donors (Lipinski definition) is 0. The molecule has 2 atom stereocenters. The lowest BCUT2D eigenvalue weighted by Crippen LogP contribution is -2.39. The van der Waals surface area contributed by atoms with Crippen molar-refractivity contribution >= 4 is 17.5 Å². The number of hydrogen-bond acceptors (Lipinski definition) is 6. The first-order chi connectivity index (χ1) is 9.92. The minimum atomic E-state index is -0.627. The van der Waals surface area contributed by atoms with E-state index in [0.717, 1.165) is 19.5 Å². The van der Waals surface area contributed by atoms with E-state index in [1.54, 1.807) is 0 Å². The van der Waals surface area contributed by atoms with Crippen LogP contribution in [0.3, 0.4) is 0 Å². The molecule has 0 aliphatic carbocycles. The van der Waals surface area contributed by atoms with Gasteiger partial charge in [0.25, 0.3) is 0 Å². The van der Waals surface area contributed by atoms with Gasteiger partial charge in [0.05, 0.1) is 17.6 Å². The molecule has 0 N–H and O–H groups in total. The maximum atomic E-state index is 11.5. The summed E-state index contributed by atoms with van der Waals surface area (Å²) in [5.41, 5.74) is -0.0646. The first-order valence-corrected chi connectivity index (χ1v) is 6.90. The molecule has 0 bridgehead atoms. The fraction of sp³-hybridized carbons (Fsp3) is 0.571. The zero-order chi connectivity index (χ0) is 15.6. The Balaban J connectivity index is 2.38. The van der Waals surface area contributed by atoms with Crippen molar-refractivity contribution < 1.29 is 14.5 Å². The van der Waals surface area contributed by atoms with Crippen LogP contribution in [0.15, 0.2) is 12.3 Å². The van der Waals surface area contributed by atoms with Gasteiger partial charge in [-0.05, 0) is 18.3 Å². The quantitative estimate of drug-likeness (QED) is 0.482. The zero-order valence-electron chi connectivity index (χ0n) is 12.4. The molecule has 21 heavy (non-hydrogen) atoms. The molecule has 0 spiro atoms. The monoisotopic (exact) mass is 293 g/mol. The Hall–Kier alpha value is -2.18. The summed E-state index contributed by atoms with van der Waals surface area (Å²) >= 11 is 0. The highest BCUT2D eigenvalue weighted by atomic mass is 16.6. The van der Waals surface area contributed by atoms with Crippen molar-refractivity contribution in [2.24, 2.45) is 11.8 Å². The van der Waals surface area contributed by atoms with E-state index in [4.69, 9.17) is 0 Å². The highest BCUT2D eigenvalue weighted by molar-refractivity contribution is 5.90. The van der Waals surface area contributed by atoms with Crippen LogP contribution < -0.4 is 4.90 Å². The fourth-order valence-electron chi connectivity index (χ4n) is 2.89. The number of carbonyl (C=O) groups is 1. The van der Waals surface area contributed by atoms with Crippen molar-refractivity contribution in [2.75, 3.05) is 25.1 Å². The number of rotatable bonds is 3. The van der Waals surface area contributed by atoms with Gasteiger partial charge in [0.15, 0.2) is 0 Å². The van der Waals surface area contributed by atoms with Crippen LogP contribution in [-0.2, 0) is 4.74 Å². The van der Waals surface area contributed by atoms with Crippen LogP contribution in [0.2, 0.25) is 0 Å². The van der Waals surface area contributed by atoms with Crippen LogP contribution in [0, 0.1) is 22.0 Å². The maximum absolute atomic E-state index is 11.5. The van der Waals surface area contributed by atoms with Crippen molar-refractivity contribution in [3.8, 4) is 0 Å². The van der Waals surface area contributed by atoms with E-state index in [1.807, 2.05) is 4.90 Å². The van der Waals surface area contributed by atoms with Gasteiger partial charge in [-0.15, -0.1) is 0 Å². The summed E-state index contributed by atoms with van der Waals surface area (Å²) in [5.74, 6) is 0.606. The molecule has 7 nitrogen and oxygen atoms in total. The maximum Gasteiger partial charge on any atom is 0.339 e. The molecule has 1 fully saturated rings. The van der Waals surface area contributed by atoms with Gasteiger partial charge >= 0.3 is 11.7 Å². The van der Waals surface area contributed by atoms with Crippen LogP contribution in [-0.4, -0.2) is 36.1 Å². The Bertz CT molecular complexity index is 551. The molecular formula is C14H19N3O4. The topological polar surface area (TPSA) is 85.6 Å². The second-order valence-corrected chi connectivity index (χ2v) is 5.67.